The van der Waals surface area contributed by atoms with Gasteiger partial charge in [-0.25, -0.2) is 0 Å². The molecule has 0 aromatic rings. The minimum atomic E-state index is -1.55. The van der Waals surface area contributed by atoms with E-state index in [1.807, 2.05) is 0 Å². The molecule has 0 aromatic carbocycles. The molecule has 0 saturated carbocycles. The van der Waals surface area contributed by atoms with Gasteiger partial charge in [-0.15, -0.1) is 0 Å². The molecule has 2 saturated heterocycles. The Morgan fingerprint density at radius 2 is 1.23 bits per heavy atom. The molecule has 2 aliphatic heterocycles. The van der Waals surface area contributed by atoms with Gasteiger partial charge < -0.3 is 55.1 Å². The molecule has 0 amide bonds. The standard InChI is InChI=1S/C14H27NO11/c16-3-5-7(18)9(20)11(22)13(25-5)15-1-2-24-14-12(23)10(21)8(19)6(4-17)26-14/h5-23H,1-4H2/t5-,6-,7-,8-,9+,10+,11+,12+,13+,14+/m1/s1. The second-order valence-electron chi connectivity index (χ2n) is 6.27. The molecule has 2 aliphatic rings. The van der Waals surface area contributed by atoms with Crippen molar-refractivity contribution in [3.63, 3.8) is 0 Å². The zero-order valence-corrected chi connectivity index (χ0v) is 13.9. The Labute approximate surface area is 149 Å². The van der Waals surface area contributed by atoms with Crippen LogP contribution in [0.15, 0.2) is 0 Å². The van der Waals surface area contributed by atoms with E-state index in [-0.39, 0.29) is 13.2 Å². The van der Waals surface area contributed by atoms with Gasteiger partial charge in [-0.05, 0) is 0 Å². The summed E-state index contributed by atoms with van der Waals surface area (Å²) in [6, 6.07) is 0. The van der Waals surface area contributed by atoms with E-state index < -0.39 is 74.6 Å². The second kappa shape index (κ2) is 9.64. The first-order valence-electron chi connectivity index (χ1n) is 8.27. The second-order valence-corrected chi connectivity index (χ2v) is 6.27. The highest BCUT2D eigenvalue weighted by molar-refractivity contribution is 4.91. The Morgan fingerprint density at radius 1 is 0.692 bits per heavy atom. The van der Waals surface area contributed by atoms with Crippen LogP contribution in [0.4, 0.5) is 0 Å². The summed E-state index contributed by atoms with van der Waals surface area (Å²) in [5.74, 6) is 0. The first-order chi connectivity index (χ1) is 12.3. The summed E-state index contributed by atoms with van der Waals surface area (Å²) in [4.78, 5) is 0. The van der Waals surface area contributed by atoms with Crippen LogP contribution in [0.5, 0.6) is 0 Å². The molecule has 9 N–H and O–H groups in total. The predicted molar refractivity (Wildman–Crippen MR) is 81.5 cm³/mol. The number of hydrogen-bond acceptors (Lipinski definition) is 12. The Balaban J connectivity index is 1.79. The van der Waals surface area contributed by atoms with Crippen molar-refractivity contribution in [3.05, 3.63) is 0 Å². The van der Waals surface area contributed by atoms with Gasteiger partial charge in [0.2, 0.25) is 0 Å². The van der Waals surface area contributed by atoms with Crippen LogP contribution < -0.4 is 5.32 Å². The summed E-state index contributed by atoms with van der Waals surface area (Å²) in [5, 5.41) is 79.3. The summed E-state index contributed by atoms with van der Waals surface area (Å²) < 4.78 is 15.7. The van der Waals surface area contributed by atoms with Crippen molar-refractivity contribution < 1.29 is 55.1 Å². The van der Waals surface area contributed by atoms with Crippen molar-refractivity contribution in [2.24, 2.45) is 0 Å². The van der Waals surface area contributed by atoms with Crippen LogP contribution in [-0.2, 0) is 14.2 Å². The van der Waals surface area contributed by atoms with Gasteiger partial charge >= 0.3 is 0 Å². The van der Waals surface area contributed by atoms with E-state index in [4.69, 9.17) is 24.4 Å². The molecule has 2 rings (SSSR count). The minimum Gasteiger partial charge on any atom is -0.394 e. The highest BCUT2D eigenvalue weighted by Crippen LogP contribution is 2.22. The Bertz CT molecular complexity index is 388. The zero-order chi connectivity index (χ0) is 19.4. The van der Waals surface area contributed by atoms with Crippen LogP contribution in [0, 0.1) is 0 Å². The largest absolute Gasteiger partial charge is 0.394 e. The van der Waals surface area contributed by atoms with E-state index in [1.54, 1.807) is 0 Å². The van der Waals surface area contributed by atoms with Crippen LogP contribution in [0.1, 0.15) is 0 Å². The molecular weight excluding hydrogens is 358 g/mol. The summed E-state index contributed by atoms with van der Waals surface area (Å²) >= 11 is 0. The van der Waals surface area contributed by atoms with Gasteiger partial charge in [-0.1, -0.05) is 0 Å². The Hall–Kier alpha value is -0.480. The fourth-order valence-electron chi connectivity index (χ4n) is 2.85. The van der Waals surface area contributed by atoms with Crippen molar-refractivity contribution in [2.45, 2.75) is 61.3 Å². The number of hydrogen-bond donors (Lipinski definition) is 9. The number of ether oxygens (including phenoxy) is 3. The molecular formula is C14H27NO11. The van der Waals surface area contributed by atoms with Gasteiger partial charge in [0, 0.05) is 6.54 Å². The molecule has 2 fully saturated rings. The maximum Gasteiger partial charge on any atom is 0.186 e. The lowest BCUT2D eigenvalue weighted by molar-refractivity contribution is -0.301. The lowest BCUT2D eigenvalue weighted by atomic mass is 9.98. The number of nitrogens with one attached hydrogen (secondary N) is 1. The average Bonchev–Trinajstić information content (AvgIpc) is 2.64. The van der Waals surface area contributed by atoms with E-state index in [9.17, 15) is 30.6 Å². The van der Waals surface area contributed by atoms with Gasteiger partial charge in [0.1, 0.15) is 55.1 Å². The van der Waals surface area contributed by atoms with E-state index >= 15 is 0 Å². The molecule has 0 aromatic heterocycles. The number of rotatable bonds is 7. The molecule has 0 aliphatic carbocycles. The quantitative estimate of drug-likeness (QED) is 0.188. The molecule has 26 heavy (non-hydrogen) atoms. The summed E-state index contributed by atoms with van der Waals surface area (Å²) in [7, 11) is 0. The molecule has 12 heteroatoms. The molecule has 0 bridgehead atoms. The van der Waals surface area contributed by atoms with Crippen molar-refractivity contribution >= 4 is 0 Å². The van der Waals surface area contributed by atoms with E-state index in [2.05, 4.69) is 5.32 Å². The Kier molecular flexibility index (Phi) is 8.08. The van der Waals surface area contributed by atoms with Crippen LogP contribution in [-0.4, -0.2) is 129 Å². The number of aliphatic hydroxyl groups is 8. The number of aliphatic hydroxyl groups excluding tert-OH is 8. The maximum absolute atomic E-state index is 9.87. The topological polar surface area (TPSA) is 202 Å². The van der Waals surface area contributed by atoms with Crippen molar-refractivity contribution in [2.75, 3.05) is 26.4 Å². The smallest absolute Gasteiger partial charge is 0.186 e. The SMILES string of the molecule is OC[C@H]1O[C@H](OCCN[C@H]2O[C@H](CO)[C@@H](O)[C@H](O)[C@@H]2O)[C@@H](O)[C@@H](O)[C@@H]1O. The van der Waals surface area contributed by atoms with E-state index in [1.165, 1.54) is 0 Å². The van der Waals surface area contributed by atoms with Crippen LogP contribution in [0.2, 0.25) is 0 Å². The highest BCUT2D eigenvalue weighted by Gasteiger charge is 2.45. The van der Waals surface area contributed by atoms with E-state index in [0.717, 1.165) is 0 Å². The third-order valence-corrected chi connectivity index (χ3v) is 4.47. The van der Waals surface area contributed by atoms with Gasteiger partial charge in [-0.2, -0.15) is 0 Å². The lowest BCUT2D eigenvalue weighted by Gasteiger charge is -2.41. The summed E-state index contributed by atoms with van der Waals surface area (Å²) in [6.07, 6.45) is -13.5. The molecule has 0 radical (unpaired) electrons. The van der Waals surface area contributed by atoms with E-state index in [0.29, 0.717) is 0 Å². The third kappa shape index (κ3) is 4.67. The van der Waals surface area contributed by atoms with Crippen molar-refractivity contribution in [3.8, 4) is 0 Å². The molecule has 0 unspecified atom stereocenters. The normalized spacial score (nSPS) is 47.1. The van der Waals surface area contributed by atoms with Crippen molar-refractivity contribution in [1.82, 2.24) is 5.32 Å². The van der Waals surface area contributed by atoms with Crippen LogP contribution in [0.3, 0.4) is 0 Å². The average molecular weight is 385 g/mol. The maximum atomic E-state index is 9.87. The molecule has 12 nitrogen and oxygen atoms in total. The van der Waals surface area contributed by atoms with Crippen LogP contribution >= 0.6 is 0 Å². The lowest BCUT2D eigenvalue weighted by Crippen LogP contribution is -2.62. The molecule has 0 spiro atoms. The fraction of sp³-hybridized carbons (Fsp3) is 1.00. The first kappa shape index (κ1) is 21.8. The highest BCUT2D eigenvalue weighted by atomic mass is 16.7. The van der Waals surface area contributed by atoms with Crippen LogP contribution in [0.25, 0.3) is 0 Å². The van der Waals surface area contributed by atoms with Gasteiger partial charge in [-0.3, -0.25) is 5.32 Å². The van der Waals surface area contributed by atoms with Gasteiger partial charge in [0.25, 0.3) is 0 Å². The minimum absolute atomic E-state index is 0.0533. The van der Waals surface area contributed by atoms with Gasteiger partial charge in [0.15, 0.2) is 6.29 Å². The molecule has 2 heterocycles. The fourth-order valence-corrected chi connectivity index (χ4v) is 2.85. The molecule has 154 valence electrons. The monoisotopic (exact) mass is 385 g/mol. The predicted octanol–water partition coefficient (Wildman–Crippen LogP) is -5.81. The van der Waals surface area contributed by atoms with Crippen molar-refractivity contribution in [1.29, 1.82) is 0 Å². The molecule has 10 atom stereocenters. The summed E-state index contributed by atoms with van der Waals surface area (Å²) in [5.41, 5.74) is 0. The van der Waals surface area contributed by atoms with Gasteiger partial charge in [0.05, 0.1) is 19.8 Å². The Morgan fingerprint density at radius 3 is 1.81 bits per heavy atom. The summed E-state index contributed by atoms with van der Waals surface area (Å²) in [6.45, 7) is -1.16. The zero-order valence-electron chi connectivity index (χ0n) is 13.9. The third-order valence-electron chi connectivity index (χ3n) is 4.47. The first-order valence-corrected chi connectivity index (χ1v) is 8.27.